The summed E-state index contributed by atoms with van der Waals surface area (Å²) in [5.41, 5.74) is 0.576. The Morgan fingerprint density at radius 1 is 1.24 bits per heavy atom. The number of carbonyl (C=O) groups excluding carboxylic acids is 2. The molecule has 140 valence electrons. The van der Waals surface area contributed by atoms with Crippen LogP contribution in [0.5, 0.6) is 0 Å². The van der Waals surface area contributed by atoms with Crippen LogP contribution in [0, 0.1) is 5.92 Å². The molecule has 1 heterocycles. The zero-order valence-electron chi connectivity index (χ0n) is 16.6. The first-order valence-electron chi connectivity index (χ1n) is 9.13. The minimum Gasteiger partial charge on any atom is -0.333 e. The Labute approximate surface area is 151 Å². The van der Waals surface area contributed by atoms with E-state index < -0.39 is 0 Å². The molecular weight excluding hydrogens is 316 g/mol. The summed E-state index contributed by atoms with van der Waals surface area (Å²) in [6, 6.07) is 1.93. The average molecular weight is 348 g/mol. The smallest absolute Gasteiger partial charge is 0.245 e. The molecule has 6 nitrogen and oxygen atoms in total. The molecule has 1 saturated carbocycles. The summed E-state index contributed by atoms with van der Waals surface area (Å²) >= 11 is 0. The summed E-state index contributed by atoms with van der Waals surface area (Å²) in [7, 11) is 0. The van der Waals surface area contributed by atoms with Gasteiger partial charge in [0.1, 0.15) is 5.82 Å². The fourth-order valence-corrected chi connectivity index (χ4v) is 2.64. The van der Waals surface area contributed by atoms with Gasteiger partial charge in [0.05, 0.1) is 17.8 Å². The Kier molecular flexibility index (Phi) is 5.30. The Balaban J connectivity index is 2.16. The molecule has 0 saturated heterocycles. The lowest BCUT2D eigenvalue weighted by Gasteiger charge is -2.24. The number of amides is 2. The third-order valence-corrected chi connectivity index (χ3v) is 4.34. The van der Waals surface area contributed by atoms with E-state index in [1.54, 1.807) is 4.90 Å². The molecule has 0 aliphatic heterocycles. The molecule has 1 aromatic rings. The van der Waals surface area contributed by atoms with Crippen molar-refractivity contribution in [3.05, 3.63) is 11.8 Å². The molecule has 0 bridgehead atoms. The molecule has 0 radical (unpaired) electrons. The predicted octanol–water partition coefficient (Wildman–Crippen LogP) is 3.13. The fourth-order valence-electron chi connectivity index (χ4n) is 2.64. The number of hydrogen-bond donors (Lipinski definition) is 1. The zero-order chi connectivity index (χ0) is 19.0. The maximum absolute atomic E-state index is 12.5. The van der Waals surface area contributed by atoms with Crippen LogP contribution in [0.4, 0.5) is 5.82 Å². The number of rotatable bonds is 5. The van der Waals surface area contributed by atoms with Crippen LogP contribution in [-0.2, 0) is 20.5 Å². The van der Waals surface area contributed by atoms with Crippen molar-refractivity contribution in [2.45, 2.75) is 72.3 Å². The maximum Gasteiger partial charge on any atom is 0.245 e. The first kappa shape index (κ1) is 19.5. The van der Waals surface area contributed by atoms with E-state index in [-0.39, 0.29) is 35.2 Å². The van der Waals surface area contributed by atoms with Gasteiger partial charge in [-0.2, -0.15) is 5.10 Å². The van der Waals surface area contributed by atoms with Gasteiger partial charge in [0.15, 0.2) is 0 Å². The van der Waals surface area contributed by atoms with E-state index in [2.05, 4.69) is 46.9 Å². The summed E-state index contributed by atoms with van der Waals surface area (Å²) in [6.45, 7) is 15.0. The second kappa shape index (κ2) is 6.81. The average Bonchev–Trinajstić information content (AvgIpc) is 3.22. The lowest BCUT2D eigenvalue weighted by Crippen LogP contribution is -2.39. The van der Waals surface area contributed by atoms with Crippen molar-refractivity contribution in [1.82, 2.24) is 14.7 Å². The molecule has 2 rings (SSSR count). The molecule has 0 atom stereocenters. The second-order valence-corrected chi connectivity index (χ2v) is 8.92. The van der Waals surface area contributed by atoms with Gasteiger partial charge in [-0.25, -0.2) is 4.68 Å². The van der Waals surface area contributed by atoms with Gasteiger partial charge in [-0.15, -0.1) is 0 Å². The topological polar surface area (TPSA) is 67.2 Å². The SMILES string of the molecule is CCN(CC(=O)Nc1cc(C(C)(C)C)nn1C(C)(C)C)C(=O)C1CC1. The highest BCUT2D eigenvalue weighted by atomic mass is 16.2. The van der Waals surface area contributed by atoms with Gasteiger partial charge in [0, 0.05) is 23.9 Å². The molecule has 1 fully saturated rings. The number of nitrogens with one attached hydrogen (secondary N) is 1. The number of carbonyl (C=O) groups is 2. The Hall–Kier alpha value is -1.85. The van der Waals surface area contributed by atoms with Crippen LogP contribution in [0.3, 0.4) is 0 Å². The molecule has 1 aromatic heterocycles. The van der Waals surface area contributed by atoms with E-state index in [1.165, 1.54) is 0 Å². The molecule has 25 heavy (non-hydrogen) atoms. The van der Waals surface area contributed by atoms with Crippen LogP contribution in [0.25, 0.3) is 0 Å². The van der Waals surface area contributed by atoms with Gasteiger partial charge in [-0.3, -0.25) is 9.59 Å². The monoisotopic (exact) mass is 348 g/mol. The number of likely N-dealkylation sites (N-methyl/N-ethyl adjacent to an activating group) is 1. The number of hydrogen-bond acceptors (Lipinski definition) is 3. The van der Waals surface area contributed by atoms with E-state index in [9.17, 15) is 9.59 Å². The predicted molar refractivity (Wildman–Crippen MR) is 99.5 cm³/mol. The summed E-state index contributed by atoms with van der Waals surface area (Å²) < 4.78 is 1.85. The lowest BCUT2D eigenvalue weighted by atomic mass is 9.92. The van der Waals surface area contributed by atoms with Gasteiger partial charge in [-0.05, 0) is 40.5 Å². The molecular formula is C19H32N4O2. The summed E-state index contributed by atoms with van der Waals surface area (Å²) in [6.07, 6.45) is 1.89. The van der Waals surface area contributed by atoms with Crippen molar-refractivity contribution in [2.24, 2.45) is 5.92 Å². The van der Waals surface area contributed by atoms with Crippen LogP contribution in [0.2, 0.25) is 0 Å². The molecule has 1 aliphatic carbocycles. The van der Waals surface area contributed by atoms with E-state index >= 15 is 0 Å². The normalized spacial score (nSPS) is 15.2. The van der Waals surface area contributed by atoms with Crippen molar-refractivity contribution < 1.29 is 9.59 Å². The van der Waals surface area contributed by atoms with Crippen LogP contribution >= 0.6 is 0 Å². The quantitative estimate of drug-likeness (QED) is 0.889. The third-order valence-electron chi connectivity index (χ3n) is 4.34. The first-order valence-corrected chi connectivity index (χ1v) is 9.13. The van der Waals surface area contributed by atoms with Crippen molar-refractivity contribution in [3.8, 4) is 0 Å². The van der Waals surface area contributed by atoms with E-state index in [0.717, 1.165) is 18.5 Å². The molecule has 0 aromatic carbocycles. The standard InChI is InChI=1S/C19H32N4O2/c1-8-22(17(25)13-9-10-13)12-16(24)20-15-11-14(18(2,3)4)21-23(15)19(5,6)7/h11,13H,8-10,12H2,1-7H3,(H,20,24). The van der Waals surface area contributed by atoms with Crippen LogP contribution in [0.15, 0.2) is 6.07 Å². The lowest BCUT2D eigenvalue weighted by molar-refractivity contribution is -0.135. The largest absolute Gasteiger partial charge is 0.333 e. The van der Waals surface area contributed by atoms with Crippen molar-refractivity contribution in [3.63, 3.8) is 0 Å². The molecule has 0 spiro atoms. The van der Waals surface area contributed by atoms with Crippen LogP contribution < -0.4 is 5.32 Å². The van der Waals surface area contributed by atoms with Gasteiger partial charge < -0.3 is 10.2 Å². The van der Waals surface area contributed by atoms with E-state index in [1.807, 2.05) is 17.7 Å². The van der Waals surface area contributed by atoms with Gasteiger partial charge >= 0.3 is 0 Å². The second-order valence-electron chi connectivity index (χ2n) is 8.92. The van der Waals surface area contributed by atoms with E-state index in [4.69, 9.17) is 5.10 Å². The minimum atomic E-state index is -0.250. The number of anilines is 1. The Morgan fingerprint density at radius 2 is 1.84 bits per heavy atom. The summed E-state index contributed by atoms with van der Waals surface area (Å²) in [5.74, 6) is 0.719. The van der Waals surface area contributed by atoms with Gasteiger partial charge in [-0.1, -0.05) is 20.8 Å². The molecule has 6 heteroatoms. The summed E-state index contributed by atoms with van der Waals surface area (Å²) in [4.78, 5) is 26.4. The van der Waals surface area contributed by atoms with E-state index in [0.29, 0.717) is 12.4 Å². The summed E-state index contributed by atoms with van der Waals surface area (Å²) in [5, 5.41) is 7.66. The highest BCUT2D eigenvalue weighted by Gasteiger charge is 2.33. The minimum absolute atomic E-state index is 0.0893. The molecule has 2 amide bonds. The van der Waals surface area contributed by atoms with Crippen molar-refractivity contribution >= 4 is 17.6 Å². The number of nitrogens with zero attached hydrogens (tertiary/aromatic N) is 3. The van der Waals surface area contributed by atoms with Gasteiger partial charge in [0.2, 0.25) is 11.8 Å². The molecule has 1 aliphatic rings. The van der Waals surface area contributed by atoms with Crippen LogP contribution in [-0.4, -0.2) is 39.6 Å². The van der Waals surface area contributed by atoms with Crippen molar-refractivity contribution in [1.29, 1.82) is 0 Å². The molecule has 1 N–H and O–H groups in total. The third kappa shape index (κ3) is 4.83. The Bertz CT molecular complexity index is 645. The Morgan fingerprint density at radius 3 is 2.28 bits per heavy atom. The van der Waals surface area contributed by atoms with Crippen molar-refractivity contribution in [2.75, 3.05) is 18.4 Å². The van der Waals surface area contributed by atoms with Crippen LogP contribution in [0.1, 0.15) is 67.0 Å². The molecule has 0 unspecified atom stereocenters. The highest BCUT2D eigenvalue weighted by Crippen LogP contribution is 2.31. The zero-order valence-corrected chi connectivity index (χ0v) is 16.6. The van der Waals surface area contributed by atoms with Gasteiger partial charge in [0.25, 0.3) is 0 Å². The maximum atomic E-state index is 12.5. The number of aromatic nitrogens is 2. The first-order chi connectivity index (χ1) is 11.4. The highest BCUT2D eigenvalue weighted by molar-refractivity contribution is 5.94. The fraction of sp³-hybridized carbons (Fsp3) is 0.737.